The molecule has 0 spiro atoms. The Morgan fingerprint density at radius 1 is 1.02 bits per heavy atom. The van der Waals surface area contributed by atoms with Crippen molar-refractivity contribution in [1.29, 1.82) is 0 Å². The standard InChI is InChI=1S/C25H20ClF7IN9O2/c1-11(2)36-20(44)15-8-13(34)7-12(3)18(15)37-21(45)17-9-14(39-43(17)19-16(26)5-4-6-35-19)10-42-40-22(38-41-42)23(27,24(28,29)30)25(31,32)33/h4-9,11H,10H2,1-3H3,(H,36,44)(H,37,45). The van der Waals surface area contributed by atoms with Crippen molar-refractivity contribution in [2.45, 2.75) is 51.4 Å². The monoisotopic (exact) mass is 773 g/mol. The third-order valence-electron chi connectivity index (χ3n) is 5.98. The molecule has 1 aromatic carbocycles. The van der Waals surface area contributed by atoms with Gasteiger partial charge in [-0.25, -0.2) is 14.1 Å². The van der Waals surface area contributed by atoms with Crippen LogP contribution >= 0.6 is 34.2 Å². The third-order valence-corrected chi connectivity index (χ3v) is 6.90. The molecular weight excluding hydrogens is 754 g/mol. The molecule has 0 bridgehead atoms. The summed E-state index contributed by atoms with van der Waals surface area (Å²) in [6, 6.07) is 7.05. The Morgan fingerprint density at radius 3 is 2.29 bits per heavy atom. The number of carbonyl (C=O) groups is 2. The molecule has 0 fully saturated rings. The average Bonchev–Trinajstić information content (AvgIpc) is 3.55. The smallest absolute Gasteiger partial charge is 0.350 e. The van der Waals surface area contributed by atoms with E-state index in [1.165, 1.54) is 18.3 Å². The maximum absolute atomic E-state index is 14.4. The van der Waals surface area contributed by atoms with Gasteiger partial charge in [-0.15, -0.1) is 10.2 Å². The van der Waals surface area contributed by atoms with Gasteiger partial charge in [0, 0.05) is 15.8 Å². The Labute approximate surface area is 267 Å². The van der Waals surface area contributed by atoms with Crippen molar-refractivity contribution >= 4 is 51.7 Å². The summed E-state index contributed by atoms with van der Waals surface area (Å²) < 4.78 is 94.9. The van der Waals surface area contributed by atoms with Crippen LogP contribution in [0.25, 0.3) is 5.82 Å². The molecule has 0 aliphatic carbocycles. The van der Waals surface area contributed by atoms with E-state index in [1.54, 1.807) is 32.9 Å². The minimum atomic E-state index is -6.44. The summed E-state index contributed by atoms with van der Waals surface area (Å²) in [4.78, 5) is 30.9. The lowest BCUT2D eigenvalue weighted by atomic mass is 10.1. The maximum Gasteiger partial charge on any atom is 0.439 e. The highest BCUT2D eigenvalue weighted by Gasteiger charge is 2.76. The zero-order chi connectivity index (χ0) is 33.5. The minimum Gasteiger partial charge on any atom is -0.350 e. The summed E-state index contributed by atoms with van der Waals surface area (Å²) in [5, 5.41) is 18.3. The second-order valence-corrected chi connectivity index (χ2v) is 11.4. The van der Waals surface area contributed by atoms with Crippen LogP contribution in [0.15, 0.2) is 36.5 Å². The molecule has 4 aromatic rings. The number of hydrogen-bond donors (Lipinski definition) is 2. The van der Waals surface area contributed by atoms with Gasteiger partial charge in [0.15, 0.2) is 5.82 Å². The van der Waals surface area contributed by atoms with Gasteiger partial charge < -0.3 is 10.6 Å². The number of nitrogens with one attached hydrogen (secondary N) is 2. The number of tetrazole rings is 1. The van der Waals surface area contributed by atoms with Crippen molar-refractivity contribution in [1.82, 2.24) is 40.3 Å². The number of carbonyl (C=O) groups excluding carboxylic acids is 2. The topological polar surface area (TPSA) is 133 Å². The summed E-state index contributed by atoms with van der Waals surface area (Å²) in [6.07, 6.45) is -11.6. The van der Waals surface area contributed by atoms with Crippen molar-refractivity contribution in [3.8, 4) is 5.82 Å². The van der Waals surface area contributed by atoms with Crippen molar-refractivity contribution in [2.24, 2.45) is 0 Å². The molecule has 3 heterocycles. The van der Waals surface area contributed by atoms with Crippen LogP contribution in [0, 0.1) is 10.5 Å². The molecule has 0 aliphatic rings. The van der Waals surface area contributed by atoms with Crippen LogP contribution in [0.4, 0.5) is 36.4 Å². The van der Waals surface area contributed by atoms with E-state index in [-0.39, 0.29) is 44.3 Å². The van der Waals surface area contributed by atoms with Crippen molar-refractivity contribution < 1.29 is 40.3 Å². The fraction of sp³-hybridized carbons (Fsp3) is 0.320. The van der Waals surface area contributed by atoms with Crippen LogP contribution in [0.1, 0.15) is 51.8 Å². The van der Waals surface area contributed by atoms with E-state index in [9.17, 15) is 40.3 Å². The quantitative estimate of drug-likeness (QED) is 0.177. The van der Waals surface area contributed by atoms with Crippen molar-refractivity contribution in [3.05, 3.63) is 73.5 Å². The first-order valence-electron chi connectivity index (χ1n) is 12.6. The van der Waals surface area contributed by atoms with E-state index in [0.717, 1.165) is 10.7 Å². The van der Waals surface area contributed by atoms with Gasteiger partial charge in [-0.2, -0.15) is 36.2 Å². The lowest BCUT2D eigenvalue weighted by Gasteiger charge is -2.26. The summed E-state index contributed by atoms with van der Waals surface area (Å²) in [5.74, 6) is -3.67. The number of aryl methyl sites for hydroxylation is 1. The zero-order valence-electron chi connectivity index (χ0n) is 23.1. The molecule has 2 amide bonds. The van der Waals surface area contributed by atoms with Crippen LogP contribution in [0.3, 0.4) is 0 Å². The lowest BCUT2D eigenvalue weighted by molar-refractivity contribution is -0.351. The molecule has 4 rings (SSSR count). The molecule has 0 unspecified atom stereocenters. The number of benzene rings is 1. The van der Waals surface area contributed by atoms with Gasteiger partial charge >= 0.3 is 18.0 Å². The average molecular weight is 774 g/mol. The fourth-order valence-corrected chi connectivity index (χ4v) is 4.96. The van der Waals surface area contributed by atoms with Crippen LogP contribution < -0.4 is 10.6 Å². The van der Waals surface area contributed by atoms with Gasteiger partial charge in [0.05, 0.1) is 22.0 Å². The number of rotatable bonds is 8. The Hall–Kier alpha value is -3.88. The molecule has 0 saturated heterocycles. The van der Waals surface area contributed by atoms with Crippen LogP contribution in [-0.2, 0) is 12.2 Å². The summed E-state index contributed by atoms with van der Waals surface area (Å²) >= 11 is 8.27. The Kier molecular flexibility index (Phi) is 9.44. The minimum absolute atomic E-state index is 0.0161. The molecule has 3 aromatic heterocycles. The molecule has 0 radical (unpaired) electrons. The van der Waals surface area contributed by atoms with Gasteiger partial charge in [0.2, 0.25) is 5.82 Å². The Bertz CT molecular complexity index is 1740. The highest BCUT2D eigenvalue weighted by atomic mass is 127. The van der Waals surface area contributed by atoms with E-state index >= 15 is 0 Å². The zero-order valence-corrected chi connectivity index (χ0v) is 26.0. The molecule has 0 saturated carbocycles. The number of hydrogen-bond acceptors (Lipinski definition) is 7. The molecular formula is C25H20ClF7IN9O2. The van der Waals surface area contributed by atoms with Gasteiger partial charge in [0.1, 0.15) is 12.2 Å². The van der Waals surface area contributed by atoms with Crippen LogP contribution in [0.5, 0.6) is 0 Å². The normalized spacial score (nSPS) is 12.5. The first-order valence-corrected chi connectivity index (χ1v) is 14.0. The number of amides is 2. The number of aromatic nitrogens is 7. The van der Waals surface area contributed by atoms with Crippen molar-refractivity contribution in [2.75, 3.05) is 5.32 Å². The van der Waals surface area contributed by atoms with Crippen LogP contribution in [-0.4, -0.2) is 65.2 Å². The van der Waals surface area contributed by atoms with E-state index in [1.807, 2.05) is 22.6 Å². The molecule has 11 nitrogen and oxygen atoms in total. The van der Waals surface area contributed by atoms with E-state index < -0.39 is 42.2 Å². The summed E-state index contributed by atoms with van der Waals surface area (Å²) in [7, 11) is 0. The van der Waals surface area contributed by atoms with Crippen LogP contribution in [0.2, 0.25) is 5.02 Å². The largest absolute Gasteiger partial charge is 0.439 e. The maximum atomic E-state index is 14.4. The molecule has 240 valence electrons. The van der Waals surface area contributed by atoms with Crippen molar-refractivity contribution in [3.63, 3.8) is 0 Å². The second-order valence-electron chi connectivity index (χ2n) is 9.77. The van der Waals surface area contributed by atoms with Gasteiger partial charge in [-0.1, -0.05) is 11.6 Å². The van der Waals surface area contributed by atoms with Gasteiger partial charge in [0.25, 0.3) is 11.8 Å². The molecule has 45 heavy (non-hydrogen) atoms. The first-order chi connectivity index (χ1) is 20.8. The Morgan fingerprint density at radius 2 is 1.69 bits per heavy atom. The highest BCUT2D eigenvalue weighted by Crippen LogP contribution is 2.51. The molecule has 0 atom stereocenters. The van der Waals surface area contributed by atoms with Gasteiger partial charge in [-0.3, -0.25) is 9.59 Å². The SMILES string of the molecule is Cc1cc(I)cc(C(=O)NC(C)C)c1NC(=O)c1cc(Cn2nnc(C(F)(C(F)(F)F)C(F)(F)F)n2)nn1-c1ncccc1Cl. The summed E-state index contributed by atoms with van der Waals surface area (Å²) in [6.45, 7) is 4.41. The fourth-order valence-electron chi connectivity index (χ4n) is 3.98. The predicted octanol–water partition coefficient (Wildman–Crippen LogP) is 5.55. The molecule has 2 N–H and O–H groups in total. The Balaban J connectivity index is 1.75. The molecule has 20 heteroatoms. The van der Waals surface area contributed by atoms with E-state index in [2.05, 4.69) is 36.1 Å². The predicted molar refractivity (Wildman–Crippen MR) is 153 cm³/mol. The van der Waals surface area contributed by atoms with E-state index in [0.29, 0.717) is 9.13 Å². The number of anilines is 1. The number of halogens is 9. The third kappa shape index (κ3) is 6.87. The second kappa shape index (κ2) is 12.5. The molecule has 0 aliphatic heterocycles. The number of alkyl halides is 7. The lowest BCUT2D eigenvalue weighted by Crippen LogP contribution is -2.51. The first kappa shape index (κ1) is 34.0. The van der Waals surface area contributed by atoms with Gasteiger partial charge in [-0.05, 0) is 84.5 Å². The summed E-state index contributed by atoms with van der Waals surface area (Å²) in [5.41, 5.74) is -5.52. The van der Waals surface area contributed by atoms with E-state index in [4.69, 9.17) is 11.6 Å². The number of nitrogens with zero attached hydrogens (tertiary/aromatic N) is 7. The number of pyridine rings is 1. The highest BCUT2D eigenvalue weighted by molar-refractivity contribution is 14.1.